The first-order chi connectivity index (χ1) is 13.8. The fourth-order valence-corrected chi connectivity index (χ4v) is 2.99. The van der Waals surface area contributed by atoms with Crippen LogP contribution in [0.25, 0.3) is 0 Å². The molecule has 0 saturated heterocycles. The average Bonchev–Trinajstić information content (AvgIpc) is 2.63. The van der Waals surface area contributed by atoms with Gasteiger partial charge in [0, 0.05) is 24.6 Å². The number of hydrogen-bond donors (Lipinski definition) is 0. The van der Waals surface area contributed by atoms with E-state index >= 15 is 0 Å². The zero-order chi connectivity index (χ0) is 21.2. The first-order valence-electron chi connectivity index (χ1n) is 9.00. The van der Waals surface area contributed by atoms with Crippen molar-refractivity contribution in [3.05, 3.63) is 57.0 Å². The highest BCUT2D eigenvalue weighted by Gasteiger charge is 2.11. The van der Waals surface area contributed by atoms with E-state index < -0.39 is 0 Å². The van der Waals surface area contributed by atoms with Gasteiger partial charge in [0.2, 0.25) is 0 Å². The summed E-state index contributed by atoms with van der Waals surface area (Å²) in [6.07, 6.45) is 2.28. The number of ether oxygens (including phenoxy) is 4. The fraction of sp³-hybridized carbons (Fsp3) is 0.333. The predicted molar refractivity (Wildman–Crippen MR) is 120 cm³/mol. The van der Waals surface area contributed by atoms with Crippen LogP contribution in [0.4, 0.5) is 0 Å². The second-order valence-electron chi connectivity index (χ2n) is 6.21. The van der Waals surface area contributed by atoms with Gasteiger partial charge < -0.3 is 18.9 Å². The molecule has 2 aromatic rings. The number of benzene rings is 2. The summed E-state index contributed by atoms with van der Waals surface area (Å²) in [5.41, 5.74) is 0. The van der Waals surface area contributed by atoms with Crippen LogP contribution in [0.1, 0.15) is 20.3 Å². The Morgan fingerprint density at radius 1 is 0.897 bits per heavy atom. The highest BCUT2D eigenvalue weighted by Crippen LogP contribution is 2.37. The van der Waals surface area contributed by atoms with Gasteiger partial charge >= 0.3 is 0 Å². The Morgan fingerprint density at radius 3 is 2.21 bits per heavy atom. The smallest absolute Gasteiger partial charge is 0.156 e. The molecule has 29 heavy (non-hydrogen) atoms. The van der Waals surface area contributed by atoms with Gasteiger partial charge in [0.1, 0.15) is 28.3 Å². The Balaban J connectivity index is 1.79. The quantitative estimate of drug-likeness (QED) is 0.316. The van der Waals surface area contributed by atoms with E-state index in [-0.39, 0.29) is 17.2 Å². The fourth-order valence-electron chi connectivity index (χ4n) is 2.29. The van der Waals surface area contributed by atoms with Crippen molar-refractivity contribution in [3.63, 3.8) is 0 Å². The molecule has 0 heterocycles. The van der Waals surface area contributed by atoms with Gasteiger partial charge in [-0.1, -0.05) is 52.5 Å². The van der Waals surface area contributed by atoms with Crippen LogP contribution in [0, 0.1) is 0 Å². The molecule has 158 valence electrons. The monoisotopic (exact) mass is 478 g/mol. The predicted octanol–water partition coefficient (Wildman–Crippen LogP) is 7.33. The van der Waals surface area contributed by atoms with Crippen molar-refractivity contribution in [1.29, 1.82) is 0 Å². The van der Waals surface area contributed by atoms with Crippen LogP contribution in [0.5, 0.6) is 23.0 Å². The van der Waals surface area contributed by atoms with Crippen molar-refractivity contribution in [3.8, 4) is 23.0 Å². The number of hydrogen-bond acceptors (Lipinski definition) is 4. The average molecular weight is 480 g/mol. The third kappa shape index (κ3) is 8.83. The summed E-state index contributed by atoms with van der Waals surface area (Å²) in [4.78, 5) is 0. The number of rotatable bonds is 11. The summed E-state index contributed by atoms with van der Waals surface area (Å²) in [7, 11) is 0. The highest BCUT2D eigenvalue weighted by molar-refractivity contribution is 6.55. The summed E-state index contributed by atoms with van der Waals surface area (Å²) in [5.74, 6) is 2.41. The lowest BCUT2D eigenvalue weighted by Gasteiger charge is -2.13. The van der Waals surface area contributed by atoms with Crippen molar-refractivity contribution in [2.24, 2.45) is 0 Å². The third-order valence-corrected chi connectivity index (χ3v) is 4.31. The van der Waals surface area contributed by atoms with E-state index in [0.29, 0.717) is 41.2 Å². The van der Waals surface area contributed by atoms with E-state index in [2.05, 4.69) is 0 Å². The molecule has 0 amide bonds. The van der Waals surface area contributed by atoms with Crippen LogP contribution < -0.4 is 18.9 Å². The molecule has 0 fully saturated rings. The molecule has 0 N–H and O–H groups in total. The Labute approximate surface area is 191 Å². The van der Waals surface area contributed by atoms with Crippen LogP contribution in [0.2, 0.25) is 10.0 Å². The van der Waals surface area contributed by atoms with Crippen molar-refractivity contribution in [2.45, 2.75) is 26.4 Å². The van der Waals surface area contributed by atoms with Crippen LogP contribution in [-0.4, -0.2) is 25.9 Å². The van der Waals surface area contributed by atoms with Crippen molar-refractivity contribution in [2.75, 3.05) is 19.8 Å². The van der Waals surface area contributed by atoms with Gasteiger partial charge in [0.05, 0.1) is 29.4 Å². The SMILES string of the molecule is CC(C)Oc1cccc(OCCCOc2c(Cl)cc(OCC=C(Cl)Cl)cc2Cl)c1. The maximum Gasteiger partial charge on any atom is 0.156 e. The largest absolute Gasteiger partial charge is 0.493 e. The molecule has 2 aromatic carbocycles. The molecule has 0 bridgehead atoms. The Kier molecular flexibility index (Phi) is 10.1. The van der Waals surface area contributed by atoms with Gasteiger partial charge in [-0.3, -0.25) is 0 Å². The van der Waals surface area contributed by atoms with Crippen molar-refractivity contribution >= 4 is 46.4 Å². The van der Waals surface area contributed by atoms with Gasteiger partial charge in [-0.05, 0) is 32.1 Å². The third-order valence-electron chi connectivity index (χ3n) is 3.44. The van der Waals surface area contributed by atoms with E-state index in [1.807, 2.05) is 38.1 Å². The van der Waals surface area contributed by atoms with Crippen LogP contribution in [-0.2, 0) is 0 Å². The van der Waals surface area contributed by atoms with Gasteiger partial charge in [0.25, 0.3) is 0 Å². The normalized spacial score (nSPS) is 10.6. The second kappa shape index (κ2) is 12.3. The molecule has 4 nitrogen and oxygen atoms in total. The summed E-state index contributed by atoms with van der Waals surface area (Å²) < 4.78 is 22.7. The van der Waals surface area contributed by atoms with Crippen LogP contribution >= 0.6 is 46.4 Å². The lowest BCUT2D eigenvalue weighted by Crippen LogP contribution is -2.07. The van der Waals surface area contributed by atoms with E-state index in [9.17, 15) is 0 Å². The van der Waals surface area contributed by atoms with Gasteiger partial charge in [0.15, 0.2) is 5.75 Å². The lowest BCUT2D eigenvalue weighted by atomic mass is 10.3. The van der Waals surface area contributed by atoms with Crippen LogP contribution in [0.15, 0.2) is 47.0 Å². The standard InChI is InChI=1S/C21H22Cl4O4/c1-14(2)29-16-6-3-5-15(11-16)26-8-4-9-28-21-18(22)12-17(13-19(21)23)27-10-7-20(24)25/h3,5-7,11-14H,4,8-10H2,1-2H3. The summed E-state index contributed by atoms with van der Waals surface area (Å²) in [6.45, 7) is 5.04. The van der Waals surface area contributed by atoms with Crippen molar-refractivity contribution in [1.82, 2.24) is 0 Å². The van der Waals surface area contributed by atoms with E-state index in [1.165, 1.54) is 6.08 Å². The van der Waals surface area contributed by atoms with E-state index in [1.54, 1.807) is 12.1 Å². The second-order valence-corrected chi connectivity index (χ2v) is 8.04. The van der Waals surface area contributed by atoms with Gasteiger partial charge in [-0.15, -0.1) is 0 Å². The molecule has 0 aliphatic rings. The molecular formula is C21H22Cl4O4. The molecule has 2 rings (SSSR count). The van der Waals surface area contributed by atoms with Gasteiger partial charge in [-0.25, -0.2) is 0 Å². The lowest BCUT2D eigenvalue weighted by molar-refractivity contribution is 0.235. The molecule has 0 aliphatic heterocycles. The first-order valence-corrected chi connectivity index (χ1v) is 10.5. The maximum atomic E-state index is 6.24. The van der Waals surface area contributed by atoms with Crippen LogP contribution in [0.3, 0.4) is 0 Å². The van der Waals surface area contributed by atoms with E-state index in [4.69, 9.17) is 65.4 Å². The summed E-state index contributed by atoms with van der Waals surface area (Å²) in [6, 6.07) is 10.8. The molecule has 0 aromatic heterocycles. The molecule has 0 aliphatic carbocycles. The van der Waals surface area contributed by atoms with Gasteiger partial charge in [-0.2, -0.15) is 0 Å². The molecule has 0 atom stereocenters. The Hall–Kier alpha value is -1.46. The molecule has 0 radical (unpaired) electrons. The minimum absolute atomic E-state index is 0.111. The minimum Gasteiger partial charge on any atom is -0.493 e. The summed E-state index contributed by atoms with van der Waals surface area (Å²) >= 11 is 23.6. The Bertz CT molecular complexity index is 797. The van der Waals surface area contributed by atoms with Crippen molar-refractivity contribution < 1.29 is 18.9 Å². The first kappa shape index (κ1) is 23.8. The molecule has 0 saturated carbocycles. The minimum atomic E-state index is 0.111. The molecule has 0 unspecified atom stereocenters. The molecular weight excluding hydrogens is 458 g/mol. The zero-order valence-corrected chi connectivity index (χ0v) is 19.1. The molecule has 0 spiro atoms. The molecule has 8 heteroatoms. The maximum absolute atomic E-state index is 6.24. The Morgan fingerprint density at radius 2 is 1.55 bits per heavy atom. The highest BCUT2D eigenvalue weighted by atomic mass is 35.5. The van der Waals surface area contributed by atoms with E-state index in [0.717, 1.165) is 11.5 Å². The number of halogens is 4. The zero-order valence-electron chi connectivity index (χ0n) is 16.1. The summed E-state index contributed by atoms with van der Waals surface area (Å²) in [5, 5.41) is 0.709. The topological polar surface area (TPSA) is 36.9 Å².